The lowest BCUT2D eigenvalue weighted by Crippen LogP contribution is -2.51. The first-order valence-electron chi connectivity index (χ1n) is 12.3. The Labute approximate surface area is 216 Å². The van der Waals surface area contributed by atoms with Crippen molar-refractivity contribution in [2.75, 3.05) is 31.1 Å². The molecule has 0 bridgehead atoms. The van der Waals surface area contributed by atoms with E-state index in [1.807, 2.05) is 43.3 Å². The maximum absolute atomic E-state index is 13.1. The van der Waals surface area contributed by atoms with Crippen LogP contribution in [0.5, 0.6) is 5.75 Å². The third-order valence-electron chi connectivity index (χ3n) is 6.33. The molecule has 1 unspecified atom stereocenters. The average Bonchev–Trinajstić information content (AvgIpc) is 2.92. The monoisotopic (exact) mass is 525 g/mol. The second kappa shape index (κ2) is 11.7. The summed E-state index contributed by atoms with van der Waals surface area (Å²) in [4.78, 5) is 17.5. The van der Waals surface area contributed by atoms with Gasteiger partial charge in [0, 0.05) is 37.3 Å². The Kier molecular flexibility index (Phi) is 8.37. The Balaban J connectivity index is 1.74. The van der Waals surface area contributed by atoms with Gasteiger partial charge in [-0.05, 0) is 43.7 Å². The van der Waals surface area contributed by atoms with Crippen LogP contribution in [0.15, 0.2) is 65.6 Å². The number of benzene rings is 2. The van der Waals surface area contributed by atoms with E-state index in [9.17, 15) is 18.5 Å². The molecular weight excluding hydrogens is 494 g/mol. The molecule has 1 aromatic heterocycles. The summed E-state index contributed by atoms with van der Waals surface area (Å²) in [6.07, 6.45) is 0.906. The first-order valence-corrected chi connectivity index (χ1v) is 13.8. The molecule has 11 heteroatoms. The largest absolute Gasteiger partial charge is 0.493 e. The molecule has 196 valence electrons. The molecule has 1 aliphatic heterocycles. The van der Waals surface area contributed by atoms with E-state index in [4.69, 9.17) is 9.72 Å². The minimum atomic E-state index is -4.18. The molecule has 2 N–H and O–H groups in total. The summed E-state index contributed by atoms with van der Waals surface area (Å²) >= 11 is 0. The lowest BCUT2D eigenvalue weighted by Gasteiger charge is -2.38. The van der Waals surface area contributed by atoms with E-state index in [1.54, 1.807) is 0 Å². The third-order valence-corrected chi connectivity index (χ3v) is 7.77. The Morgan fingerprint density at radius 1 is 1.14 bits per heavy atom. The van der Waals surface area contributed by atoms with Crippen LogP contribution in [0, 0.1) is 10.1 Å². The predicted molar refractivity (Wildman–Crippen MR) is 142 cm³/mol. The first kappa shape index (κ1) is 26.5. The van der Waals surface area contributed by atoms with Crippen molar-refractivity contribution in [3.05, 3.63) is 76.5 Å². The quantitative estimate of drug-likeness (QED) is 0.303. The van der Waals surface area contributed by atoms with Crippen molar-refractivity contribution < 1.29 is 18.1 Å². The van der Waals surface area contributed by atoms with Crippen LogP contribution in [0.1, 0.15) is 26.0 Å². The maximum atomic E-state index is 13.1. The number of hydrogen-bond donors (Lipinski definition) is 2. The molecule has 0 saturated carbocycles. The van der Waals surface area contributed by atoms with E-state index in [1.165, 1.54) is 24.3 Å². The fraction of sp³-hybridized carbons (Fsp3) is 0.346. The number of pyridine rings is 1. The zero-order chi connectivity index (χ0) is 26.4. The number of sulfonamides is 1. The molecule has 1 fully saturated rings. The molecule has 1 atom stereocenters. The SMILES string of the molecule is CCOc1ccccc1-c1ccc(N2CCNCC2CC)c(CNS(=O)(=O)c2ccccc2[N+](=O)[O-])n1. The molecule has 1 saturated heterocycles. The van der Waals surface area contributed by atoms with Crippen LogP contribution in [0.2, 0.25) is 0 Å². The van der Waals surface area contributed by atoms with E-state index >= 15 is 0 Å². The van der Waals surface area contributed by atoms with Gasteiger partial charge in [-0.25, -0.2) is 18.1 Å². The molecule has 0 aliphatic carbocycles. The molecule has 37 heavy (non-hydrogen) atoms. The minimum absolute atomic E-state index is 0.130. The van der Waals surface area contributed by atoms with Crippen LogP contribution >= 0.6 is 0 Å². The number of nitro benzene ring substituents is 1. The van der Waals surface area contributed by atoms with Gasteiger partial charge in [0.15, 0.2) is 4.90 Å². The lowest BCUT2D eigenvalue weighted by molar-refractivity contribution is -0.387. The number of aromatic nitrogens is 1. The average molecular weight is 526 g/mol. The Morgan fingerprint density at radius 3 is 2.65 bits per heavy atom. The molecule has 3 aromatic rings. The number of hydrogen-bond acceptors (Lipinski definition) is 8. The highest BCUT2D eigenvalue weighted by Gasteiger charge is 2.28. The molecule has 1 aliphatic rings. The Hall–Kier alpha value is -3.54. The number of nitro groups is 1. The second-order valence-electron chi connectivity index (χ2n) is 8.60. The van der Waals surface area contributed by atoms with Gasteiger partial charge in [-0.15, -0.1) is 0 Å². The summed E-state index contributed by atoms with van der Waals surface area (Å²) in [5.74, 6) is 0.685. The molecule has 4 rings (SSSR count). The second-order valence-corrected chi connectivity index (χ2v) is 10.3. The van der Waals surface area contributed by atoms with Gasteiger partial charge >= 0.3 is 0 Å². The smallest absolute Gasteiger partial charge is 0.289 e. The highest BCUT2D eigenvalue weighted by Crippen LogP contribution is 2.32. The van der Waals surface area contributed by atoms with Gasteiger partial charge in [-0.2, -0.15) is 0 Å². The number of piperazine rings is 1. The summed E-state index contributed by atoms with van der Waals surface area (Å²) in [6.45, 7) is 6.75. The minimum Gasteiger partial charge on any atom is -0.493 e. The van der Waals surface area contributed by atoms with Crippen LogP contribution < -0.4 is 19.7 Å². The van der Waals surface area contributed by atoms with E-state index in [2.05, 4.69) is 21.9 Å². The summed E-state index contributed by atoms with van der Waals surface area (Å²) in [6, 6.07) is 17.0. The topological polar surface area (TPSA) is 127 Å². The van der Waals surface area contributed by atoms with Gasteiger partial charge in [0.1, 0.15) is 5.75 Å². The van der Waals surface area contributed by atoms with Crippen molar-refractivity contribution in [1.82, 2.24) is 15.0 Å². The molecule has 0 spiro atoms. The van der Waals surface area contributed by atoms with Crippen LogP contribution in [0.25, 0.3) is 11.3 Å². The number of rotatable bonds is 10. The summed E-state index contributed by atoms with van der Waals surface area (Å²) in [7, 11) is -4.18. The van der Waals surface area contributed by atoms with Gasteiger partial charge < -0.3 is 15.0 Å². The van der Waals surface area contributed by atoms with Gasteiger partial charge in [0.05, 0.1) is 35.2 Å². The van der Waals surface area contributed by atoms with Gasteiger partial charge in [-0.1, -0.05) is 31.2 Å². The zero-order valence-electron chi connectivity index (χ0n) is 20.9. The standard InChI is InChI=1S/C26H31N5O5S/c1-3-19-17-27-15-16-30(19)23-14-13-21(20-9-5-7-11-25(20)36-4-2)29-22(23)18-28-37(34,35)26-12-8-6-10-24(26)31(32)33/h5-14,19,27-28H,3-4,15-18H2,1-2H3. The number of nitrogens with zero attached hydrogens (tertiary/aromatic N) is 3. The van der Waals surface area contributed by atoms with E-state index < -0.39 is 20.6 Å². The Bertz CT molecular complexity index is 1360. The maximum Gasteiger partial charge on any atom is 0.289 e. The number of ether oxygens (including phenoxy) is 1. The van der Waals surface area contributed by atoms with Gasteiger partial charge in [0.25, 0.3) is 5.69 Å². The highest BCUT2D eigenvalue weighted by atomic mass is 32.2. The Morgan fingerprint density at radius 2 is 1.89 bits per heavy atom. The number of para-hydroxylation sites is 2. The van der Waals surface area contributed by atoms with Crippen molar-refractivity contribution >= 4 is 21.4 Å². The van der Waals surface area contributed by atoms with Gasteiger partial charge in [-0.3, -0.25) is 10.1 Å². The molecule has 0 radical (unpaired) electrons. The van der Waals surface area contributed by atoms with Crippen molar-refractivity contribution in [3.63, 3.8) is 0 Å². The van der Waals surface area contributed by atoms with Crippen LogP contribution in [-0.4, -0.2) is 50.6 Å². The molecular formula is C26H31N5O5S. The fourth-order valence-corrected chi connectivity index (χ4v) is 5.67. The molecule has 2 aromatic carbocycles. The highest BCUT2D eigenvalue weighted by molar-refractivity contribution is 7.89. The lowest BCUT2D eigenvalue weighted by atomic mass is 10.1. The fourth-order valence-electron chi connectivity index (χ4n) is 4.51. The van der Waals surface area contributed by atoms with Crippen LogP contribution in [-0.2, 0) is 16.6 Å². The van der Waals surface area contributed by atoms with Gasteiger partial charge in [0.2, 0.25) is 10.0 Å². The van der Waals surface area contributed by atoms with Crippen molar-refractivity contribution in [2.45, 2.75) is 37.8 Å². The van der Waals surface area contributed by atoms with E-state index in [0.717, 1.165) is 37.3 Å². The summed E-state index contributed by atoms with van der Waals surface area (Å²) in [5.41, 5.74) is 2.33. The number of nitrogens with one attached hydrogen (secondary N) is 2. The van der Waals surface area contributed by atoms with Crippen LogP contribution in [0.4, 0.5) is 11.4 Å². The molecule has 0 amide bonds. The molecule has 10 nitrogen and oxygen atoms in total. The zero-order valence-corrected chi connectivity index (χ0v) is 21.7. The third kappa shape index (κ3) is 5.90. The van der Waals surface area contributed by atoms with Crippen molar-refractivity contribution in [1.29, 1.82) is 0 Å². The first-order chi connectivity index (χ1) is 17.9. The van der Waals surface area contributed by atoms with Crippen molar-refractivity contribution in [3.8, 4) is 17.0 Å². The van der Waals surface area contributed by atoms with E-state index in [0.29, 0.717) is 23.7 Å². The predicted octanol–water partition coefficient (Wildman–Crippen LogP) is 3.72. The normalized spacial score (nSPS) is 15.9. The summed E-state index contributed by atoms with van der Waals surface area (Å²) < 4.78 is 34.6. The van der Waals surface area contributed by atoms with Crippen LogP contribution in [0.3, 0.4) is 0 Å². The van der Waals surface area contributed by atoms with Crippen molar-refractivity contribution in [2.24, 2.45) is 0 Å². The number of anilines is 1. The summed E-state index contributed by atoms with van der Waals surface area (Å²) in [5, 5.41) is 14.8. The van der Waals surface area contributed by atoms with E-state index in [-0.39, 0.29) is 17.5 Å². The molecule has 2 heterocycles.